The highest BCUT2D eigenvalue weighted by Crippen LogP contribution is 2.30. The lowest BCUT2D eigenvalue weighted by molar-refractivity contribution is -0.385. The van der Waals surface area contributed by atoms with Crippen LogP contribution in [0.2, 0.25) is 0 Å². The van der Waals surface area contributed by atoms with E-state index < -0.39 is 0 Å². The number of rotatable bonds is 7. The molecule has 1 aromatic rings. The van der Waals surface area contributed by atoms with Gasteiger partial charge in [-0.3, -0.25) is 10.1 Å². The summed E-state index contributed by atoms with van der Waals surface area (Å²) < 4.78 is 0.876. The molecule has 0 radical (unpaired) electrons. The monoisotopic (exact) mass is 314 g/mol. The Balaban J connectivity index is 2.65. The van der Waals surface area contributed by atoms with E-state index in [1.165, 1.54) is 19.3 Å². The number of anilines is 1. The van der Waals surface area contributed by atoms with Gasteiger partial charge >= 0.3 is 0 Å². The van der Waals surface area contributed by atoms with Gasteiger partial charge in [-0.05, 0) is 35.3 Å². The normalized spacial score (nSPS) is 10.4. The molecule has 0 aliphatic heterocycles. The topological polar surface area (TPSA) is 55.2 Å². The second-order valence-electron chi connectivity index (χ2n) is 4.36. The second kappa shape index (κ2) is 7.36. The molecule has 1 aromatic carbocycles. The Morgan fingerprint density at radius 3 is 2.67 bits per heavy atom. The first-order valence-electron chi connectivity index (χ1n) is 6.24. The lowest BCUT2D eigenvalue weighted by atomic mass is 10.1. The molecule has 5 heteroatoms. The van der Waals surface area contributed by atoms with Gasteiger partial charge in [0.25, 0.3) is 5.69 Å². The number of aryl methyl sites for hydroxylation is 1. The van der Waals surface area contributed by atoms with E-state index in [4.69, 9.17) is 0 Å². The molecule has 0 unspecified atom stereocenters. The van der Waals surface area contributed by atoms with Gasteiger partial charge in [-0.1, -0.05) is 26.2 Å². The van der Waals surface area contributed by atoms with Gasteiger partial charge < -0.3 is 5.32 Å². The number of hydrogen-bond acceptors (Lipinski definition) is 3. The van der Waals surface area contributed by atoms with Gasteiger partial charge in [-0.25, -0.2) is 0 Å². The van der Waals surface area contributed by atoms with Crippen LogP contribution in [0.4, 0.5) is 11.4 Å². The number of nitro groups is 1. The maximum Gasteiger partial charge on any atom is 0.274 e. The summed E-state index contributed by atoms with van der Waals surface area (Å²) in [4.78, 5) is 10.5. The van der Waals surface area contributed by atoms with Crippen LogP contribution in [0.3, 0.4) is 0 Å². The van der Waals surface area contributed by atoms with Crippen LogP contribution >= 0.6 is 15.9 Å². The first-order chi connectivity index (χ1) is 8.56. The summed E-state index contributed by atoms with van der Waals surface area (Å²) in [5.74, 6) is 0. The number of benzene rings is 1. The summed E-state index contributed by atoms with van der Waals surface area (Å²) in [6, 6.07) is 3.38. The number of nitrogens with one attached hydrogen (secondary N) is 1. The number of unbranched alkanes of at least 4 members (excludes halogenated alkanes) is 3. The molecule has 0 spiro atoms. The van der Waals surface area contributed by atoms with Crippen LogP contribution in [0.1, 0.15) is 38.2 Å². The van der Waals surface area contributed by atoms with E-state index in [9.17, 15) is 10.1 Å². The fourth-order valence-corrected chi connectivity index (χ4v) is 2.37. The molecule has 0 amide bonds. The van der Waals surface area contributed by atoms with Crippen LogP contribution in [-0.2, 0) is 0 Å². The fraction of sp³-hybridized carbons (Fsp3) is 0.538. The summed E-state index contributed by atoms with van der Waals surface area (Å²) in [7, 11) is 0. The predicted octanol–water partition coefficient (Wildman–Crippen LogP) is 4.66. The minimum Gasteiger partial charge on any atom is -0.384 e. The van der Waals surface area contributed by atoms with E-state index in [-0.39, 0.29) is 10.6 Å². The van der Waals surface area contributed by atoms with E-state index >= 15 is 0 Å². The van der Waals surface area contributed by atoms with Crippen LogP contribution in [0, 0.1) is 17.0 Å². The van der Waals surface area contributed by atoms with Gasteiger partial charge in [0.15, 0.2) is 0 Å². The zero-order valence-corrected chi connectivity index (χ0v) is 12.4. The highest BCUT2D eigenvalue weighted by molar-refractivity contribution is 9.10. The zero-order valence-electron chi connectivity index (χ0n) is 10.8. The van der Waals surface area contributed by atoms with Crippen molar-refractivity contribution in [2.24, 2.45) is 0 Å². The molecular formula is C13H19BrN2O2. The first kappa shape index (κ1) is 15.0. The number of halogens is 1. The molecule has 0 aliphatic rings. The third kappa shape index (κ3) is 4.29. The van der Waals surface area contributed by atoms with Crippen molar-refractivity contribution < 1.29 is 4.92 Å². The number of nitro benzene ring substituents is 1. The average molecular weight is 315 g/mol. The van der Waals surface area contributed by atoms with Crippen LogP contribution in [-0.4, -0.2) is 11.5 Å². The Hall–Kier alpha value is -1.10. The van der Waals surface area contributed by atoms with Gasteiger partial charge in [0, 0.05) is 22.6 Å². The third-order valence-electron chi connectivity index (χ3n) is 2.83. The Bertz CT molecular complexity index is 422. The maximum absolute atomic E-state index is 10.9. The van der Waals surface area contributed by atoms with Gasteiger partial charge in [0.2, 0.25) is 0 Å². The predicted molar refractivity (Wildman–Crippen MR) is 78.2 cm³/mol. The summed E-state index contributed by atoms with van der Waals surface area (Å²) in [6.07, 6.45) is 4.72. The van der Waals surface area contributed by atoms with E-state index in [0.717, 1.165) is 23.1 Å². The average Bonchev–Trinajstić information content (AvgIpc) is 2.30. The summed E-state index contributed by atoms with van der Waals surface area (Å²) >= 11 is 3.43. The molecule has 0 aliphatic carbocycles. The van der Waals surface area contributed by atoms with E-state index in [1.807, 2.05) is 0 Å². The van der Waals surface area contributed by atoms with Crippen molar-refractivity contribution >= 4 is 27.3 Å². The highest BCUT2D eigenvalue weighted by Gasteiger charge is 2.13. The molecular weight excluding hydrogens is 296 g/mol. The smallest absolute Gasteiger partial charge is 0.274 e. The Labute approximate surface area is 116 Å². The summed E-state index contributed by atoms with van der Waals surface area (Å²) in [5.41, 5.74) is 1.63. The summed E-state index contributed by atoms with van der Waals surface area (Å²) in [5, 5.41) is 14.1. The zero-order chi connectivity index (χ0) is 13.5. The molecule has 0 saturated carbocycles. The van der Waals surface area contributed by atoms with Crippen molar-refractivity contribution in [1.29, 1.82) is 0 Å². The second-order valence-corrected chi connectivity index (χ2v) is 5.22. The molecule has 4 nitrogen and oxygen atoms in total. The van der Waals surface area contributed by atoms with Crippen molar-refractivity contribution in [2.45, 2.75) is 39.5 Å². The van der Waals surface area contributed by atoms with Crippen LogP contribution < -0.4 is 5.32 Å². The Morgan fingerprint density at radius 1 is 1.33 bits per heavy atom. The van der Waals surface area contributed by atoms with Crippen molar-refractivity contribution in [3.63, 3.8) is 0 Å². The number of nitrogens with zero attached hydrogens (tertiary/aromatic N) is 1. The lowest BCUT2D eigenvalue weighted by Crippen LogP contribution is -2.03. The Kier molecular flexibility index (Phi) is 6.12. The van der Waals surface area contributed by atoms with Crippen molar-refractivity contribution in [2.75, 3.05) is 11.9 Å². The van der Waals surface area contributed by atoms with Gasteiger partial charge in [-0.15, -0.1) is 0 Å². The molecule has 0 fully saturated rings. The molecule has 0 bridgehead atoms. The van der Waals surface area contributed by atoms with Crippen molar-refractivity contribution in [3.05, 3.63) is 32.3 Å². The molecule has 0 saturated heterocycles. The molecule has 0 heterocycles. The maximum atomic E-state index is 10.9. The van der Waals surface area contributed by atoms with Crippen LogP contribution in [0.25, 0.3) is 0 Å². The molecule has 1 rings (SSSR count). The van der Waals surface area contributed by atoms with Crippen LogP contribution in [0.15, 0.2) is 16.6 Å². The van der Waals surface area contributed by atoms with E-state index in [1.54, 1.807) is 19.1 Å². The molecule has 0 aromatic heterocycles. The third-order valence-corrected chi connectivity index (χ3v) is 3.48. The minimum absolute atomic E-state index is 0.161. The van der Waals surface area contributed by atoms with E-state index in [2.05, 4.69) is 28.2 Å². The quantitative estimate of drug-likeness (QED) is 0.452. The van der Waals surface area contributed by atoms with Crippen molar-refractivity contribution in [1.82, 2.24) is 0 Å². The molecule has 100 valence electrons. The van der Waals surface area contributed by atoms with Crippen LogP contribution in [0.5, 0.6) is 0 Å². The number of hydrogen-bond donors (Lipinski definition) is 1. The minimum atomic E-state index is -0.343. The van der Waals surface area contributed by atoms with Gasteiger partial charge in [0.1, 0.15) is 0 Å². The van der Waals surface area contributed by atoms with Gasteiger partial charge in [0.05, 0.1) is 10.6 Å². The fourth-order valence-electron chi connectivity index (χ4n) is 1.77. The Morgan fingerprint density at radius 2 is 2.06 bits per heavy atom. The molecule has 18 heavy (non-hydrogen) atoms. The van der Waals surface area contributed by atoms with Crippen molar-refractivity contribution in [3.8, 4) is 0 Å². The largest absolute Gasteiger partial charge is 0.384 e. The standard InChI is InChI=1S/C13H19BrN2O2/c1-3-4-5-6-7-15-12-9-13(16(17)18)10(2)8-11(12)14/h8-9,15H,3-7H2,1-2H3. The molecule has 0 atom stereocenters. The SMILES string of the molecule is CCCCCCNc1cc([N+](=O)[O-])c(C)cc1Br. The lowest BCUT2D eigenvalue weighted by Gasteiger charge is -2.09. The van der Waals surface area contributed by atoms with E-state index in [0.29, 0.717) is 5.56 Å². The highest BCUT2D eigenvalue weighted by atomic mass is 79.9. The summed E-state index contributed by atoms with van der Waals surface area (Å²) in [6.45, 7) is 4.76. The molecule has 1 N–H and O–H groups in total. The first-order valence-corrected chi connectivity index (χ1v) is 7.04. The van der Waals surface area contributed by atoms with Gasteiger partial charge in [-0.2, -0.15) is 0 Å².